The summed E-state index contributed by atoms with van der Waals surface area (Å²) in [5, 5.41) is 2.40. The van der Waals surface area contributed by atoms with E-state index in [1.165, 1.54) is 18.2 Å². The fourth-order valence-electron chi connectivity index (χ4n) is 1.40. The number of hydrogen-bond donors (Lipinski definition) is 2. The number of halogens is 1. The van der Waals surface area contributed by atoms with Crippen LogP contribution in [0, 0.1) is 5.82 Å². The standard InChI is InChI=1S/C14H21FN2O3/c1-14(2,3)20-7-6-19-9-13(18)17-12-8-10(16)4-5-11(12)15/h4-5,8H,6-7,9,16H2,1-3H3,(H,17,18). The van der Waals surface area contributed by atoms with E-state index in [1.54, 1.807) is 0 Å². The summed E-state index contributed by atoms with van der Waals surface area (Å²) < 4.78 is 23.9. The van der Waals surface area contributed by atoms with Gasteiger partial charge in [0, 0.05) is 5.69 Å². The van der Waals surface area contributed by atoms with Crippen molar-refractivity contribution in [3.8, 4) is 0 Å². The van der Waals surface area contributed by atoms with Gasteiger partial charge in [-0.1, -0.05) is 0 Å². The van der Waals surface area contributed by atoms with Gasteiger partial charge in [0.15, 0.2) is 0 Å². The number of nitrogen functional groups attached to an aromatic ring is 1. The molecular formula is C14H21FN2O3. The average molecular weight is 284 g/mol. The van der Waals surface area contributed by atoms with E-state index in [2.05, 4.69) is 5.32 Å². The van der Waals surface area contributed by atoms with Crippen molar-refractivity contribution in [3.63, 3.8) is 0 Å². The predicted molar refractivity (Wildman–Crippen MR) is 76.0 cm³/mol. The quantitative estimate of drug-likeness (QED) is 0.620. The van der Waals surface area contributed by atoms with Gasteiger partial charge in [0.1, 0.15) is 12.4 Å². The Kier molecular flexibility index (Phi) is 5.91. The molecule has 0 bridgehead atoms. The minimum absolute atomic E-state index is 0.0459. The average Bonchev–Trinajstić information content (AvgIpc) is 2.32. The first-order valence-electron chi connectivity index (χ1n) is 6.34. The molecule has 1 rings (SSSR count). The number of nitrogens with one attached hydrogen (secondary N) is 1. The van der Waals surface area contributed by atoms with Gasteiger partial charge >= 0.3 is 0 Å². The normalized spacial score (nSPS) is 11.4. The van der Waals surface area contributed by atoms with Crippen LogP contribution in [-0.2, 0) is 14.3 Å². The Hall–Kier alpha value is -1.66. The lowest BCUT2D eigenvalue weighted by atomic mass is 10.2. The first kappa shape index (κ1) is 16.4. The number of rotatable bonds is 6. The van der Waals surface area contributed by atoms with Gasteiger partial charge in [-0.15, -0.1) is 0 Å². The predicted octanol–water partition coefficient (Wildman–Crippen LogP) is 2.18. The van der Waals surface area contributed by atoms with Crippen molar-refractivity contribution in [2.24, 2.45) is 0 Å². The van der Waals surface area contributed by atoms with Gasteiger partial charge in [0.2, 0.25) is 5.91 Å². The number of carbonyl (C=O) groups is 1. The lowest BCUT2D eigenvalue weighted by Gasteiger charge is -2.19. The maximum absolute atomic E-state index is 13.4. The molecule has 0 aliphatic rings. The zero-order chi connectivity index (χ0) is 15.2. The van der Waals surface area contributed by atoms with Gasteiger partial charge in [0.25, 0.3) is 0 Å². The lowest BCUT2D eigenvalue weighted by molar-refractivity contribution is -0.121. The minimum Gasteiger partial charge on any atom is -0.399 e. The number of anilines is 2. The SMILES string of the molecule is CC(C)(C)OCCOCC(=O)Nc1cc(N)ccc1F. The van der Waals surface area contributed by atoms with Crippen molar-refractivity contribution >= 4 is 17.3 Å². The zero-order valence-corrected chi connectivity index (χ0v) is 12.0. The van der Waals surface area contributed by atoms with Crippen molar-refractivity contribution in [3.05, 3.63) is 24.0 Å². The highest BCUT2D eigenvalue weighted by Crippen LogP contribution is 2.17. The molecule has 0 saturated heterocycles. The number of nitrogens with two attached hydrogens (primary N) is 1. The molecule has 0 spiro atoms. The molecule has 20 heavy (non-hydrogen) atoms. The van der Waals surface area contributed by atoms with E-state index < -0.39 is 11.7 Å². The van der Waals surface area contributed by atoms with Crippen LogP contribution in [0.3, 0.4) is 0 Å². The van der Waals surface area contributed by atoms with Crippen LogP contribution in [0.15, 0.2) is 18.2 Å². The third-order valence-electron chi connectivity index (χ3n) is 2.26. The molecule has 1 aromatic rings. The van der Waals surface area contributed by atoms with Crippen molar-refractivity contribution in [2.45, 2.75) is 26.4 Å². The summed E-state index contributed by atoms with van der Waals surface area (Å²) in [6.45, 7) is 6.32. The van der Waals surface area contributed by atoms with Crippen molar-refractivity contribution in [1.29, 1.82) is 0 Å². The Balaban J connectivity index is 2.29. The smallest absolute Gasteiger partial charge is 0.250 e. The summed E-state index contributed by atoms with van der Waals surface area (Å²) in [6.07, 6.45) is 0. The van der Waals surface area contributed by atoms with E-state index in [4.69, 9.17) is 15.2 Å². The zero-order valence-electron chi connectivity index (χ0n) is 12.0. The number of ether oxygens (including phenoxy) is 2. The molecule has 5 nitrogen and oxygen atoms in total. The van der Waals surface area contributed by atoms with E-state index in [0.29, 0.717) is 18.9 Å². The number of benzene rings is 1. The second-order valence-corrected chi connectivity index (χ2v) is 5.30. The van der Waals surface area contributed by atoms with E-state index in [-0.39, 0.29) is 17.9 Å². The van der Waals surface area contributed by atoms with E-state index in [1.807, 2.05) is 20.8 Å². The molecule has 0 atom stereocenters. The Morgan fingerprint density at radius 2 is 2.05 bits per heavy atom. The Morgan fingerprint density at radius 1 is 1.35 bits per heavy atom. The minimum atomic E-state index is -0.538. The Morgan fingerprint density at radius 3 is 2.70 bits per heavy atom. The van der Waals surface area contributed by atoms with Crippen LogP contribution in [0.5, 0.6) is 0 Å². The molecule has 0 aliphatic carbocycles. The molecule has 112 valence electrons. The first-order chi connectivity index (χ1) is 9.28. The molecule has 6 heteroatoms. The highest BCUT2D eigenvalue weighted by atomic mass is 19.1. The second kappa shape index (κ2) is 7.21. The molecule has 0 saturated carbocycles. The highest BCUT2D eigenvalue weighted by Gasteiger charge is 2.10. The molecule has 3 N–H and O–H groups in total. The summed E-state index contributed by atoms with van der Waals surface area (Å²) in [6, 6.07) is 3.98. The number of carbonyl (C=O) groups excluding carboxylic acids is 1. The van der Waals surface area contributed by atoms with Crippen LogP contribution in [0.2, 0.25) is 0 Å². The molecule has 0 aromatic heterocycles. The monoisotopic (exact) mass is 284 g/mol. The summed E-state index contributed by atoms with van der Waals surface area (Å²) >= 11 is 0. The topological polar surface area (TPSA) is 73.6 Å². The fourth-order valence-corrected chi connectivity index (χ4v) is 1.40. The third kappa shape index (κ3) is 6.49. The number of hydrogen-bond acceptors (Lipinski definition) is 4. The molecule has 0 unspecified atom stereocenters. The third-order valence-corrected chi connectivity index (χ3v) is 2.26. The van der Waals surface area contributed by atoms with Crippen LogP contribution >= 0.6 is 0 Å². The van der Waals surface area contributed by atoms with Crippen LogP contribution < -0.4 is 11.1 Å². The molecule has 0 heterocycles. The van der Waals surface area contributed by atoms with Gasteiger partial charge in [-0.25, -0.2) is 4.39 Å². The Bertz CT molecular complexity index is 458. The highest BCUT2D eigenvalue weighted by molar-refractivity contribution is 5.92. The molecule has 0 aliphatic heterocycles. The summed E-state index contributed by atoms with van der Waals surface area (Å²) in [5.74, 6) is -0.978. The maximum atomic E-state index is 13.4. The summed E-state index contributed by atoms with van der Waals surface area (Å²) in [4.78, 5) is 11.6. The van der Waals surface area contributed by atoms with E-state index >= 15 is 0 Å². The largest absolute Gasteiger partial charge is 0.399 e. The molecule has 0 fully saturated rings. The van der Waals surface area contributed by atoms with Crippen LogP contribution in [0.1, 0.15) is 20.8 Å². The van der Waals surface area contributed by atoms with Crippen molar-refractivity contribution < 1.29 is 18.7 Å². The van der Waals surface area contributed by atoms with Crippen molar-refractivity contribution in [1.82, 2.24) is 0 Å². The van der Waals surface area contributed by atoms with Crippen LogP contribution in [0.4, 0.5) is 15.8 Å². The van der Waals surface area contributed by atoms with Gasteiger partial charge in [0.05, 0.1) is 24.5 Å². The van der Waals surface area contributed by atoms with Gasteiger partial charge in [-0.05, 0) is 39.0 Å². The van der Waals surface area contributed by atoms with Crippen LogP contribution in [0.25, 0.3) is 0 Å². The van der Waals surface area contributed by atoms with E-state index in [9.17, 15) is 9.18 Å². The molecule has 1 amide bonds. The lowest BCUT2D eigenvalue weighted by Crippen LogP contribution is -2.24. The number of amides is 1. The molecular weight excluding hydrogens is 263 g/mol. The first-order valence-corrected chi connectivity index (χ1v) is 6.34. The fraction of sp³-hybridized carbons (Fsp3) is 0.500. The van der Waals surface area contributed by atoms with Gasteiger partial charge in [-0.2, -0.15) is 0 Å². The van der Waals surface area contributed by atoms with E-state index in [0.717, 1.165) is 0 Å². The summed E-state index contributed by atoms with van der Waals surface area (Å²) in [5.41, 5.74) is 5.70. The van der Waals surface area contributed by atoms with Crippen molar-refractivity contribution in [2.75, 3.05) is 30.9 Å². The second-order valence-electron chi connectivity index (χ2n) is 5.30. The molecule has 1 aromatic carbocycles. The molecule has 0 radical (unpaired) electrons. The Labute approximate surface area is 118 Å². The maximum Gasteiger partial charge on any atom is 0.250 e. The van der Waals surface area contributed by atoms with Gasteiger partial charge in [-0.3, -0.25) is 4.79 Å². The van der Waals surface area contributed by atoms with Crippen LogP contribution in [-0.4, -0.2) is 31.3 Å². The summed E-state index contributed by atoms with van der Waals surface area (Å²) in [7, 11) is 0. The van der Waals surface area contributed by atoms with Gasteiger partial charge < -0.3 is 20.5 Å².